The first kappa shape index (κ1) is 18.6. The molecule has 128 valence electrons. The molecule has 0 spiro atoms. The maximum Gasteiger partial charge on any atom is 0.194 e. The topological polar surface area (TPSA) is 60.4 Å². The third-order valence-corrected chi connectivity index (χ3v) is 5.83. The Morgan fingerprint density at radius 3 is 2.50 bits per heavy atom. The van der Waals surface area contributed by atoms with E-state index in [-0.39, 0.29) is 28.6 Å². The van der Waals surface area contributed by atoms with E-state index in [4.69, 9.17) is 4.74 Å². The van der Waals surface area contributed by atoms with Crippen LogP contribution in [0.3, 0.4) is 0 Å². The molecule has 0 fully saturated rings. The van der Waals surface area contributed by atoms with Gasteiger partial charge < -0.3 is 4.74 Å². The number of carbonyl (C=O) groups is 1. The minimum Gasteiger partial charge on any atom is -0.494 e. The van der Waals surface area contributed by atoms with Gasteiger partial charge in [0, 0.05) is 21.4 Å². The molecule has 0 saturated heterocycles. The van der Waals surface area contributed by atoms with Gasteiger partial charge in [0.25, 0.3) is 0 Å². The first-order valence-corrected chi connectivity index (χ1v) is 9.76. The Hall–Kier alpha value is -1.73. The van der Waals surface area contributed by atoms with Crippen molar-refractivity contribution in [2.75, 3.05) is 12.9 Å². The molecular formula is C17H16BrFO4S. The van der Waals surface area contributed by atoms with Gasteiger partial charge in [-0.1, -0.05) is 28.9 Å². The standard InChI is InChI=1S/C17H16BrFO4S/c1-3-24(21,22)10-11-4-6-13(14(18)8-11)17(20)12-5-7-15(19)16(9-12)23-2/h4-9H,3,10H2,1-2H3. The summed E-state index contributed by atoms with van der Waals surface area (Å²) in [6.45, 7) is 1.59. The quantitative estimate of drug-likeness (QED) is 0.675. The molecule has 0 aliphatic heterocycles. The third-order valence-electron chi connectivity index (χ3n) is 3.52. The minimum absolute atomic E-state index is 0.0115. The summed E-state index contributed by atoms with van der Waals surface area (Å²) in [4.78, 5) is 12.6. The Morgan fingerprint density at radius 2 is 1.92 bits per heavy atom. The first-order chi connectivity index (χ1) is 11.3. The third kappa shape index (κ3) is 4.21. The van der Waals surface area contributed by atoms with Gasteiger partial charge in [-0.2, -0.15) is 0 Å². The van der Waals surface area contributed by atoms with Crippen molar-refractivity contribution in [2.45, 2.75) is 12.7 Å². The summed E-state index contributed by atoms with van der Waals surface area (Å²) in [5.41, 5.74) is 1.24. The van der Waals surface area contributed by atoms with Crippen LogP contribution in [0.15, 0.2) is 40.9 Å². The number of hydrogen-bond donors (Lipinski definition) is 0. The summed E-state index contributed by atoms with van der Waals surface area (Å²) in [6.07, 6.45) is 0. The predicted molar refractivity (Wildman–Crippen MR) is 93.7 cm³/mol. The Labute approximate surface area is 148 Å². The van der Waals surface area contributed by atoms with Gasteiger partial charge in [0.05, 0.1) is 12.9 Å². The molecule has 0 aliphatic rings. The lowest BCUT2D eigenvalue weighted by molar-refractivity contribution is 0.103. The van der Waals surface area contributed by atoms with Gasteiger partial charge in [-0.3, -0.25) is 4.79 Å². The highest BCUT2D eigenvalue weighted by molar-refractivity contribution is 9.10. The SMILES string of the molecule is CCS(=O)(=O)Cc1ccc(C(=O)c2ccc(F)c(OC)c2)c(Br)c1. The Bertz CT molecular complexity index is 878. The number of carbonyl (C=O) groups excluding carboxylic acids is 1. The molecule has 0 N–H and O–H groups in total. The summed E-state index contributed by atoms with van der Waals surface area (Å²) < 4.78 is 42.2. The Balaban J connectivity index is 2.34. The number of ketones is 1. The Kier molecular flexibility index (Phi) is 5.77. The van der Waals surface area contributed by atoms with Crippen LogP contribution in [0, 0.1) is 5.82 Å². The second kappa shape index (κ2) is 7.44. The van der Waals surface area contributed by atoms with Crippen molar-refractivity contribution < 1.29 is 22.3 Å². The number of halogens is 2. The van der Waals surface area contributed by atoms with Crippen LogP contribution in [0.2, 0.25) is 0 Å². The normalized spacial score (nSPS) is 11.3. The molecule has 0 heterocycles. The van der Waals surface area contributed by atoms with Gasteiger partial charge in [0.1, 0.15) is 0 Å². The number of rotatable bonds is 6. The summed E-state index contributed by atoms with van der Waals surface area (Å²) in [6, 6.07) is 8.65. The van der Waals surface area contributed by atoms with E-state index in [0.717, 1.165) is 0 Å². The summed E-state index contributed by atoms with van der Waals surface area (Å²) in [5, 5.41) is 0. The number of methoxy groups -OCH3 is 1. The van der Waals surface area contributed by atoms with E-state index in [1.807, 2.05) is 0 Å². The second-order valence-corrected chi connectivity index (χ2v) is 8.38. The number of sulfone groups is 1. The molecule has 2 aromatic carbocycles. The Morgan fingerprint density at radius 1 is 1.21 bits per heavy atom. The van der Waals surface area contributed by atoms with Gasteiger partial charge in [0.2, 0.25) is 0 Å². The van der Waals surface area contributed by atoms with E-state index in [0.29, 0.717) is 15.6 Å². The number of benzene rings is 2. The second-order valence-electron chi connectivity index (χ2n) is 5.17. The van der Waals surface area contributed by atoms with Crippen LogP contribution < -0.4 is 4.74 Å². The molecule has 2 rings (SSSR count). The van der Waals surface area contributed by atoms with Crippen molar-refractivity contribution in [1.82, 2.24) is 0 Å². The monoisotopic (exact) mass is 414 g/mol. The average molecular weight is 415 g/mol. The van der Waals surface area contributed by atoms with E-state index >= 15 is 0 Å². The molecule has 0 aromatic heterocycles. The molecule has 7 heteroatoms. The van der Waals surface area contributed by atoms with Gasteiger partial charge in [-0.15, -0.1) is 0 Å². The first-order valence-electron chi connectivity index (χ1n) is 7.14. The zero-order valence-corrected chi connectivity index (χ0v) is 15.6. The maximum atomic E-state index is 13.5. The van der Waals surface area contributed by atoms with Crippen LogP contribution in [0.25, 0.3) is 0 Å². The van der Waals surface area contributed by atoms with Gasteiger partial charge >= 0.3 is 0 Å². The van der Waals surface area contributed by atoms with E-state index in [1.54, 1.807) is 25.1 Å². The van der Waals surface area contributed by atoms with Crippen LogP contribution in [0.5, 0.6) is 5.75 Å². The van der Waals surface area contributed by atoms with Gasteiger partial charge in [-0.25, -0.2) is 12.8 Å². The van der Waals surface area contributed by atoms with Crippen molar-refractivity contribution in [3.8, 4) is 5.75 Å². The molecule has 0 saturated carbocycles. The molecule has 2 aromatic rings. The fourth-order valence-electron chi connectivity index (χ4n) is 2.15. The van der Waals surface area contributed by atoms with E-state index in [2.05, 4.69) is 15.9 Å². The zero-order valence-electron chi connectivity index (χ0n) is 13.2. The van der Waals surface area contributed by atoms with E-state index in [9.17, 15) is 17.6 Å². The van der Waals surface area contributed by atoms with Crippen molar-refractivity contribution in [3.05, 3.63) is 63.4 Å². The fraction of sp³-hybridized carbons (Fsp3) is 0.235. The van der Waals surface area contributed by atoms with Gasteiger partial charge in [0.15, 0.2) is 27.2 Å². The largest absolute Gasteiger partial charge is 0.494 e. The van der Waals surface area contributed by atoms with Crippen LogP contribution in [-0.4, -0.2) is 27.1 Å². The van der Waals surface area contributed by atoms with E-state index < -0.39 is 15.7 Å². The summed E-state index contributed by atoms with van der Waals surface area (Å²) in [7, 11) is -1.83. The molecule has 0 unspecified atom stereocenters. The van der Waals surface area contributed by atoms with Crippen LogP contribution in [0.1, 0.15) is 28.4 Å². The van der Waals surface area contributed by atoms with Crippen molar-refractivity contribution in [1.29, 1.82) is 0 Å². The van der Waals surface area contributed by atoms with Crippen LogP contribution in [-0.2, 0) is 15.6 Å². The highest BCUT2D eigenvalue weighted by Crippen LogP contribution is 2.25. The zero-order chi connectivity index (χ0) is 17.9. The smallest absolute Gasteiger partial charge is 0.194 e. The van der Waals surface area contributed by atoms with Crippen LogP contribution in [0.4, 0.5) is 4.39 Å². The minimum atomic E-state index is -3.15. The lowest BCUT2D eigenvalue weighted by Crippen LogP contribution is -2.08. The number of hydrogen-bond acceptors (Lipinski definition) is 4. The summed E-state index contributed by atoms with van der Waals surface area (Å²) in [5.74, 6) is -0.900. The molecular weight excluding hydrogens is 399 g/mol. The predicted octanol–water partition coefficient (Wildman–Crippen LogP) is 3.76. The maximum absolute atomic E-state index is 13.5. The van der Waals surface area contributed by atoms with Crippen LogP contribution >= 0.6 is 15.9 Å². The molecule has 0 atom stereocenters. The fourth-order valence-corrected chi connectivity index (χ4v) is 3.64. The van der Waals surface area contributed by atoms with Crippen molar-refractivity contribution >= 4 is 31.6 Å². The summed E-state index contributed by atoms with van der Waals surface area (Å²) >= 11 is 3.30. The molecule has 0 radical (unpaired) electrons. The average Bonchev–Trinajstić information content (AvgIpc) is 2.54. The molecule has 0 aliphatic carbocycles. The lowest BCUT2D eigenvalue weighted by atomic mass is 10.0. The van der Waals surface area contributed by atoms with E-state index in [1.165, 1.54) is 25.3 Å². The van der Waals surface area contributed by atoms with Gasteiger partial charge in [-0.05, 0) is 35.9 Å². The van der Waals surface area contributed by atoms with Crippen molar-refractivity contribution in [3.63, 3.8) is 0 Å². The molecule has 24 heavy (non-hydrogen) atoms. The molecule has 0 amide bonds. The van der Waals surface area contributed by atoms with Crippen molar-refractivity contribution in [2.24, 2.45) is 0 Å². The lowest BCUT2D eigenvalue weighted by Gasteiger charge is -2.09. The molecule has 0 bridgehead atoms. The number of ether oxygens (including phenoxy) is 1. The highest BCUT2D eigenvalue weighted by Gasteiger charge is 2.17. The molecule has 4 nitrogen and oxygen atoms in total. The highest BCUT2D eigenvalue weighted by atomic mass is 79.9.